The van der Waals surface area contributed by atoms with Gasteiger partial charge in [-0.05, 0) is 43.2 Å². The molecule has 1 heterocycles. The van der Waals surface area contributed by atoms with Crippen molar-refractivity contribution >= 4 is 15.9 Å². The van der Waals surface area contributed by atoms with E-state index in [0.717, 1.165) is 16.7 Å². The second-order valence-electron chi connectivity index (χ2n) is 4.42. The molecule has 3 heteroatoms. The Morgan fingerprint density at radius 3 is 2.72 bits per heavy atom. The van der Waals surface area contributed by atoms with Crippen LogP contribution in [0, 0.1) is 0 Å². The molecule has 96 valence electrons. The molecule has 18 heavy (non-hydrogen) atoms. The third-order valence-corrected chi connectivity index (χ3v) is 3.59. The van der Waals surface area contributed by atoms with E-state index in [1.807, 2.05) is 18.2 Å². The minimum atomic E-state index is 0.258. The van der Waals surface area contributed by atoms with Crippen LogP contribution >= 0.6 is 15.9 Å². The van der Waals surface area contributed by atoms with Gasteiger partial charge in [0.25, 0.3) is 0 Å². The zero-order chi connectivity index (χ0) is 13.0. The molecule has 2 atom stereocenters. The third-order valence-electron chi connectivity index (χ3n) is 3.09. The molecule has 0 aliphatic rings. The Balaban J connectivity index is 2.08. The van der Waals surface area contributed by atoms with E-state index < -0.39 is 0 Å². The van der Waals surface area contributed by atoms with Crippen molar-refractivity contribution in [1.29, 1.82) is 0 Å². The first-order valence-electron chi connectivity index (χ1n) is 6.25. The maximum absolute atomic E-state index is 5.48. The molecule has 2 aromatic rings. The predicted octanol–water partition coefficient (Wildman–Crippen LogP) is 4.84. The second-order valence-corrected chi connectivity index (χ2v) is 5.34. The fraction of sp³-hybridized carbons (Fsp3) is 0.333. The summed E-state index contributed by atoms with van der Waals surface area (Å²) in [6.07, 6.45) is 2.73. The zero-order valence-corrected chi connectivity index (χ0v) is 12.3. The summed E-state index contributed by atoms with van der Waals surface area (Å²) in [5, 5.41) is 3.60. The van der Waals surface area contributed by atoms with Gasteiger partial charge in [-0.1, -0.05) is 35.0 Å². The van der Waals surface area contributed by atoms with Gasteiger partial charge in [0.1, 0.15) is 5.76 Å². The van der Waals surface area contributed by atoms with E-state index in [1.54, 1.807) is 6.26 Å². The van der Waals surface area contributed by atoms with Gasteiger partial charge in [0, 0.05) is 10.5 Å². The average Bonchev–Trinajstić information content (AvgIpc) is 2.89. The van der Waals surface area contributed by atoms with Crippen LogP contribution in [0.4, 0.5) is 0 Å². The first-order chi connectivity index (χ1) is 8.70. The Morgan fingerprint density at radius 2 is 2.11 bits per heavy atom. The lowest BCUT2D eigenvalue weighted by Gasteiger charge is -2.21. The molecule has 0 spiro atoms. The number of nitrogens with one attached hydrogen (secondary N) is 1. The summed E-state index contributed by atoms with van der Waals surface area (Å²) >= 11 is 3.51. The summed E-state index contributed by atoms with van der Waals surface area (Å²) < 4.78 is 6.59. The van der Waals surface area contributed by atoms with Crippen molar-refractivity contribution in [2.45, 2.75) is 32.4 Å². The molecule has 1 aromatic heterocycles. The molecule has 0 aliphatic heterocycles. The second kappa shape index (κ2) is 6.21. The summed E-state index contributed by atoms with van der Waals surface area (Å²) in [6.45, 7) is 4.33. The fourth-order valence-electron chi connectivity index (χ4n) is 2.06. The summed E-state index contributed by atoms with van der Waals surface area (Å²) in [5.41, 5.74) is 1.27. The van der Waals surface area contributed by atoms with E-state index in [0.29, 0.717) is 0 Å². The molecule has 0 aliphatic carbocycles. The highest BCUT2D eigenvalue weighted by Gasteiger charge is 2.15. The fourth-order valence-corrected chi connectivity index (χ4v) is 2.48. The first-order valence-corrected chi connectivity index (χ1v) is 7.05. The maximum atomic E-state index is 5.48. The molecule has 0 radical (unpaired) electrons. The molecule has 1 N–H and O–H groups in total. The molecule has 0 fully saturated rings. The monoisotopic (exact) mass is 307 g/mol. The molecule has 0 saturated carbocycles. The van der Waals surface area contributed by atoms with Crippen LogP contribution in [0.15, 0.2) is 51.6 Å². The Bertz CT molecular complexity index is 481. The molecule has 0 amide bonds. The molecular formula is C15H18BrNO. The zero-order valence-electron chi connectivity index (χ0n) is 10.7. The van der Waals surface area contributed by atoms with Crippen LogP contribution in [-0.4, -0.2) is 0 Å². The summed E-state index contributed by atoms with van der Waals surface area (Å²) in [5.74, 6) is 0.999. The van der Waals surface area contributed by atoms with Gasteiger partial charge >= 0.3 is 0 Å². The van der Waals surface area contributed by atoms with E-state index in [2.05, 4.69) is 53.3 Å². The first kappa shape index (κ1) is 13.4. The van der Waals surface area contributed by atoms with Crippen molar-refractivity contribution in [2.75, 3.05) is 0 Å². The number of halogens is 1. The normalized spacial score (nSPS) is 14.4. The smallest absolute Gasteiger partial charge is 0.120 e. The highest BCUT2D eigenvalue weighted by atomic mass is 79.9. The van der Waals surface area contributed by atoms with Gasteiger partial charge in [-0.2, -0.15) is 0 Å². The number of furan rings is 1. The lowest BCUT2D eigenvalue weighted by atomic mass is 10.1. The number of rotatable bonds is 5. The predicted molar refractivity (Wildman–Crippen MR) is 77.4 cm³/mol. The highest BCUT2D eigenvalue weighted by Crippen LogP contribution is 2.24. The quantitative estimate of drug-likeness (QED) is 0.854. The van der Waals surface area contributed by atoms with Gasteiger partial charge in [-0.25, -0.2) is 0 Å². The van der Waals surface area contributed by atoms with Crippen LogP contribution in [0.3, 0.4) is 0 Å². The van der Waals surface area contributed by atoms with Crippen LogP contribution in [0.2, 0.25) is 0 Å². The van der Waals surface area contributed by atoms with Crippen molar-refractivity contribution in [3.63, 3.8) is 0 Å². The van der Waals surface area contributed by atoms with Gasteiger partial charge in [-0.15, -0.1) is 0 Å². The number of benzene rings is 1. The molecule has 2 rings (SSSR count). The van der Waals surface area contributed by atoms with E-state index in [-0.39, 0.29) is 12.1 Å². The van der Waals surface area contributed by atoms with Crippen molar-refractivity contribution in [2.24, 2.45) is 0 Å². The molecule has 0 saturated heterocycles. The lowest BCUT2D eigenvalue weighted by Crippen LogP contribution is -2.23. The number of hydrogen-bond donors (Lipinski definition) is 1. The lowest BCUT2D eigenvalue weighted by molar-refractivity contribution is 0.376. The molecule has 2 nitrogen and oxygen atoms in total. The maximum Gasteiger partial charge on any atom is 0.120 e. The van der Waals surface area contributed by atoms with Crippen LogP contribution in [0.25, 0.3) is 0 Å². The van der Waals surface area contributed by atoms with Gasteiger partial charge in [0.15, 0.2) is 0 Å². The molecule has 1 unspecified atom stereocenters. The minimum Gasteiger partial charge on any atom is -0.468 e. The minimum absolute atomic E-state index is 0.258. The van der Waals surface area contributed by atoms with E-state index in [4.69, 9.17) is 4.42 Å². The van der Waals surface area contributed by atoms with E-state index in [1.165, 1.54) is 5.56 Å². The van der Waals surface area contributed by atoms with Crippen LogP contribution in [0.1, 0.15) is 43.7 Å². The largest absolute Gasteiger partial charge is 0.468 e. The summed E-state index contributed by atoms with van der Waals surface area (Å²) in [6, 6.07) is 12.9. The van der Waals surface area contributed by atoms with Gasteiger partial charge < -0.3 is 9.73 Å². The van der Waals surface area contributed by atoms with Crippen molar-refractivity contribution < 1.29 is 4.42 Å². The average molecular weight is 308 g/mol. The summed E-state index contributed by atoms with van der Waals surface area (Å²) in [4.78, 5) is 0. The Labute approximate surface area is 117 Å². The van der Waals surface area contributed by atoms with Gasteiger partial charge in [0.2, 0.25) is 0 Å². The molecule has 0 bridgehead atoms. The Morgan fingerprint density at radius 1 is 1.28 bits per heavy atom. The summed E-state index contributed by atoms with van der Waals surface area (Å²) in [7, 11) is 0. The van der Waals surface area contributed by atoms with Crippen molar-refractivity contribution in [3.8, 4) is 0 Å². The van der Waals surface area contributed by atoms with Crippen LogP contribution in [-0.2, 0) is 0 Å². The van der Waals surface area contributed by atoms with Gasteiger partial charge in [0.05, 0.1) is 12.3 Å². The molecule has 1 aromatic carbocycles. The number of hydrogen-bond acceptors (Lipinski definition) is 2. The van der Waals surface area contributed by atoms with Crippen LogP contribution in [0.5, 0.6) is 0 Å². The van der Waals surface area contributed by atoms with E-state index in [9.17, 15) is 0 Å². The van der Waals surface area contributed by atoms with Gasteiger partial charge in [-0.3, -0.25) is 0 Å². The third kappa shape index (κ3) is 3.24. The molecular weight excluding hydrogens is 290 g/mol. The Hall–Kier alpha value is -1.06. The van der Waals surface area contributed by atoms with Crippen LogP contribution < -0.4 is 5.32 Å². The highest BCUT2D eigenvalue weighted by molar-refractivity contribution is 9.10. The Kier molecular flexibility index (Phi) is 4.61. The topological polar surface area (TPSA) is 25.2 Å². The van der Waals surface area contributed by atoms with E-state index >= 15 is 0 Å². The van der Waals surface area contributed by atoms with Crippen molar-refractivity contribution in [1.82, 2.24) is 5.32 Å². The van der Waals surface area contributed by atoms with Crippen molar-refractivity contribution in [3.05, 3.63) is 58.5 Å². The standard InChI is InChI=1S/C15H18BrNO/c1-3-14(15-8-5-9-18-15)17-11(2)12-6-4-7-13(16)10-12/h4-11,14,17H,3H2,1-2H3/t11-,14?/m1/s1. The SMILES string of the molecule is CCC(N[C@H](C)c1cccc(Br)c1)c1ccco1.